The molecule has 3 aromatic rings. The van der Waals surface area contributed by atoms with Crippen molar-refractivity contribution < 1.29 is 9.53 Å². The Morgan fingerprint density at radius 2 is 1.04 bits per heavy atom. The zero-order valence-corrected chi connectivity index (χ0v) is 15.8. The molecule has 0 fully saturated rings. The Labute approximate surface area is 145 Å². The van der Waals surface area contributed by atoms with Crippen LogP contribution in [0.5, 0.6) is 0 Å². The number of hydrogen-bond donors (Lipinski definition) is 0. The van der Waals surface area contributed by atoms with Crippen molar-refractivity contribution >= 4 is 32.6 Å². The predicted molar refractivity (Wildman–Crippen MR) is 102 cm³/mol. The van der Waals surface area contributed by atoms with Crippen LogP contribution in [0.1, 0.15) is 0 Å². The van der Waals surface area contributed by atoms with Crippen LogP contribution in [-0.2, 0) is 9.53 Å². The van der Waals surface area contributed by atoms with E-state index < -0.39 is 13.6 Å². The normalized spacial score (nSPS) is 11.7. The summed E-state index contributed by atoms with van der Waals surface area (Å²) in [5, 5.41) is 0.439. The van der Waals surface area contributed by atoms with Gasteiger partial charge in [-0.1, -0.05) is 0 Å². The topological polar surface area (TPSA) is 26.3 Å². The van der Waals surface area contributed by atoms with Crippen LogP contribution in [0.4, 0.5) is 0 Å². The number of carbonyl (C=O) groups is 1. The summed E-state index contributed by atoms with van der Waals surface area (Å²) in [5.41, 5.74) is 0. The van der Waals surface area contributed by atoms with E-state index in [0.717, 1.165) is 0 Å². The molecule has 0 spiro atoms. The standard InChI is InChI=1S/C21H21AsO2/c1-24-21(23)17-22(18-11-5-2-6-12-18,19-13-7-3-8-14-19)20-15-9-4-10-16-20/h2-16,22H,17H2,1H3. The Bertz CT molecular complexity index is 689. The molecule has 0 aromatic heterocycles. The van der Waals surface area contributed by atoms with E-state index in [0.29, 0.717) is 5.21 Å². The fraction of sp³-hybridized carbons (Fsp3) is 0.0952. The first-order chi connectivity index (χ1) is 11.8. The van der Waals surface area contributed by atoms with Crippen LogP contribution >= 0.6 is 0 Å². The maximum absolute atomic E-state index is 12.4. The van der Waals surface area contributed by atoms with Crippen LogP contribution in [0.2, 0.25) is 5.21 Å². The first kappa shape index (κ1) is 16.5. The van der Waals surface area contributed by atoms with Crippen molar-refractivity contribution in [2.24, 2.45) is 0 Å². The average molecular weight is 380 g/mol. The van der Waals surface area contributed by atoms with Gasteiger partial charge in [0.1, 0.15) is 0 Å². The molecule has 3 heteroatoms. The number of carbonyl (C=O) groups excluding carboxylic acids is 1. The molecule has 0 atom stereocenters. The number of hydrogen-bond acceptors (Lipinski definition) is 2. The molecule has 0 bridgehead atoms. The molecule has 3 rings (SSSR count). The Hall–Kier alpha value is -2.31. The van der Waals surface area contributed by atoms with Gasteiger partial charge in [0.2, 0.25) is 0 Å². The summed E-state index contributed by atoms with van der Waals surface area (Å²) >= 11 is -3.15. The number of benzene rings is 3. The van der Waals surface area contributed by atoms with E-state index in [1.165, 1.54) is 20.2 Å². The Balaban J connectivity index is 2.30. The molecule has 0 saturated carbocycles. The van der Waals surface area contributed by atoms with Crippen molar-refractivity contribution in [3.63, 3.8) is 0 Å². The van der Waals surface area contributed by atoms with E-state index in [1.54, 1.807) is 0 Å². The van der Waals surface area contributed by atoms with Crippen molar-refractivity contribution in [3.8, 4) is 0 Å². The first-order valence-electron chi connectivity index (χ1n) is 8.01. The molecule has 0 aliphatic carbocycles. The molecular formula is C21H21AsO2. The number of ether oxygens (including phenoxy) is 1. The first-order valence-corrected chi connectivity index (χ1v) is 12.6. The van der Waals surface area contributed by atoms with E-state index in [9.17, 15) is 4.79 Å². The predicted octanol–water partition coefficient (Wildman–Crippen LogP) is 2.06. The second-order valence-electron chi connectivity index (χ2n) is 5.76. The van der Waals surface area contributed by atoms with Gasteiger partial charge < -0.3 is 0 Å². The van der Waals surface area contributed by atoms with Crippen LogP contribution in [0.3, 0.4) is 0 Å². The molecule has 0 saturated heterocycles. The molecule has 24 heavy (non-hydrogen) atoms. The average Bonchev–Trinajstić information content (AvgIpc) is 2.68. The minimum atomic E-state index is -3.15. The van der Waals surface area contributed by atoms with E-state index in [2.05, 4.69) is 72.8 Å². The fourth-order valence-corrected chi connectivity index (χ4v) is 12.7. The van der Waals surface area contributed by atoms with Crippen LogP contribution in [0.25, 0.3) is 0 Å². The third-order valence-corrected chi connectivity index (χ3v) is 14.5. The van der Waals surface area contributed by atoms with Gasteiger partial charge in [0.05, 0.1) is 0 Å². The van der Waals surface area contributed by atoms with Gasteiger partial charge in [-0.05, 0) is 0 Å². The Morgan fingerprint density at radius 3 is 1.33 bits per heavy atom. The molecule has 0 amide bonds. The molecule has 0 heterocycles. The summed E-state index contributed by atoms with van der Waals surface area (Å²) in [6.45, 7) is 0. The van der Waals surface area contributed by atoms with Gasteiger partial charge >= 0.3 is 145 Å². The van der Waals surface area contributed by atoms with E-state index >= 15 is 0 Å². The van der Waals surface area contributed by atoms with Crippen LogP contribution in [0.15, 0.2) is 91.0 Å². The van der Waals surface area contributed by atoms with Crippen molar-refractivity contribution in [3.05, 3.63) is 91.0 Å². The van der Waals surface area contributed by atoms with Crippen molar-refractivity contribution in [2.45, 2.75) is 5.21 Å². The summed E-state index contributed by atoms with van der Waals surface area (Å²) in [7, 11) is 1.47. The van der Waals surface area contributed by atoms with E-state index in [4.69, 9.17) is 4.74 Å². The molecule has 0 aliphatic rings. The summed E-state index contributed by atoms with van der Waals surface area (Å²) in [5.74, 6) is -0.147. The molecule has 2 nitrogen and oxygen atoms in total. The third kappa shape index (κ3) is 3.15. The van der Waals surface area contributed by atoms with Gasteiger partial charge in [0, 0.05) is 0 Å². The molecule has 0 aliphatic heterocycles. The fourth-order valence-electron chi connectivity index (χ4n) is 3.26. The molecule has 0 unspecified atom stereocenters. The van der Waals surface area contributed by atoms with Gasteiger partial charge in [0.25, 0.3) is 0 Å². The van der Waals surface area contributed by atoms with Crippen LogP contribution < -0.4 is 13.1 Å². The SMILES string of the molecule is COC(=O)C[AsH](c1ccccc1)(c1ccccc1)c1ccccc1. The molecule has 0 radical (unpaired) electrons. The summed E-state index contributed by atoms with van der Waals surface area (Å²) in [6.07, 6.45) is 0. The Kier molecular flexibility index (Phi) is 5.17. The quantitative estimate of drug-likeness (QED) is 0.501. The summed E-state index contributed by atoms with van der Waals surface area (Å²) in [6, 6.07) is 31.3. The van der Waals surface area contributed by atoms with Gasteiger partial charge in [-0.2, -0.15) is 0 Å². The second-order valence-corrected chi connectivity index (χ2v) is 13.9. The molecular weight excluding hydrogens is 359 g/mol. The zero-order chi connectivity index (χ0) is 16.8. The van der Waals surface area contributed by atoms with Gasteiger partial charge in [-0.3, -0.25) is 0 Å². The number of rotatable bonds is 5. The van der Waals surface area contributed by atoms with Gasteiger partial charge in [-0.25, -0.2) is 0 Å². The third-order valence-electron chi connectivity index (χ3n) is 4.44. The maximum atomic E-state index is 12.4. The summed E-state index contributed by atoms with van der Waals surface area (Å²) < 4.78 is 8.87. The zero-order valence-electron chi connectivity index (χ0n) is 13.7. The number of esters is 1. The van der Waals surface area contributed by atoms with Crippen LogP contribution in [0, 0.1) is 0 Å². The molecule has 122 valence electrons. The monoisotopic (exact) mass is 380 g/mol. The second kappa shape index (κ2) is 7.51. The Morgan fingerprint density at radius 1 is 0.708 bits per heavy atom. The molecule has 0 N–H and O–H groups in total. The van der Waals surface area contributed by atoms with Crippen molar-refractivity contribution in [1.29, 1.82) is 0 Å². The molecule has 3 aromatic carbocycles. The van der Waals surface area contributed by atoms with Gasteiger partial charge in [-0.15, -0.1) is 0 Å². The van der Waals surface area contributed by atoms with Crippen molar-refractivity contribution in [2.75, 3.05) is 7.11 Å². The van der Waals surface area contributed by atoms with Crippen molar-refractivity contribution in [1.82, 2.24) is 0 Å². The van der Waals surface area contributed by atoms with E-state index in [-0.39, 0.29) is 5.97 Å². The van der Waals surface area contributed by atoms with Gasteiger partial charge in [0.15, 0.2) is 0 Å². The minimum absolute atomic E-state index is 0.147. The summed E-state index contributed by atoms with van der Waals surface area (Å²) in [4.78, 5) is 12.4. The number of methoxy groups -OCH3 is 1. The van der Waals surface area contributed by atoms with Crippen LogP contribution in [-0.4, -0.2) is 26.6 Å². The van der Waals surface area contributed by atoms with E-state index in [1.807, 2.05) is 18.2 Å².